The molecule has 0 aromatic heterocycles. The lowest BCUT2D eigenvalue weighted by Crippen LogP contribution is -2.21. The number of ether oxygens (including phenoxy) is 1. The summed E-state index contributed by atoms with van der Waals surface area (Å²) in [6, 6.07) is 14.8. The number of anilines is 3. The number of hydrogen-bond acceptors (Lipinski definition) is 9. The first kappa shape index (κ1) is 41.2. The highest BCUT2D eigenvalue weighted by molar-refractivity contribution is 6.53. The number of ketones is 1. The quantitative estimate of drug-likeness (QED) is 0.0552. The second kappa shape index (κ2) is 25.5. The zero-order valence-corrected chi connectivity index (χ0v) is 27.2. The maximum atomic E-state index is 12.0. The number of esters is 1. The smallest absolute Gasteiger partial charge is 0.406 e. The number of unbranched alkanes of at least 4 members (excludes halogenated alkanes) is 4. The van der Waals surface area contributed by atoms with Crippen LogP contribution >= 0.6 is 0 Å². The van der Waals surface area contributed by atoms with Crippen LogP contribution in [-0.2, 0) is 30.2 Å². The summed E-state index contributed by atoms with van der Waals surface area (Å²) >= 11 is 0. The van der Waals surface area contributed by atoms with Crippen molar-refractivity contribution < 1.29 is 39.1 Å². The van der Waals surface area contributed by atoms with Crippen LogP contribution in [0.25, 0.3) is 0 Å². The van der Waals surface area contributed by atoms with Gasteiger partial charge in [-0.15, -0.1) is 0 Å². The molecule has 0 radical (unpaired) electrons. The fourth-order valence-electron chi connectivity index (χ4n) is 3.99. The lowest BCUT2D eigenvalue weighted by atomic mass is 9.66. The fraction of sp³-hybridized carbons (Fsp3) is 0.500. The summed E-state index contributed by atoms with van der Waals surface area (Å²) in [4.78, 5) is 43.6. The highest BCUT2D eigenvalue weighted by Gasteiger charge is 2.10. The van der Waals surface area contributed by atoms with Crippen LogP contribution in [0.4, 0.5) is 17.1 Å². The third-order valence-corrected chi connectivity index (χ3v) is 6.15. The molecule has 0 aliphatic heterocycles. The lowest BCUT2D eigenvalue weighted by molar-refractivity contribution is -0.143. The monoisotopic (exact) mass is 627 g/mol. The van der Waals surface area contributed by atoms with E-state index in [1.807, 2.05) is 36.4 Å². The van der Waals surface area contributed by atoms with E-state index in [2.05, 4.69) is 10.5 Å². The van der Waals surface area contributed by atoms with Gasteiger partial charge in [0.05, 0.1) is 12.3 Å². The Labute approximate surface area is 268 Å². The molecule has 7 N–H and O–H groups in total. The Bertz CT molecular complexity index is 1130. The van der Waals surface area contributed by atoms with Crippen LogP contribution in [0.1, 0.15) is 83.6 Å². The summed E-state index contributed by atoms with van der Waals surface area (Å²) in [5, 5.41) is 32.4. The van der Waals surface area contributed by atoms with Crippen molar-refractivity contribution in [3.63, 3.8) is 0 Å². The molecule has 13 heteroatoms. The number of amides is 1. The number of carboxylic acids is 1. The Balaban J connectivity index is 0.000000732. The van der Waals surface area contributed by atoms with Gasteiger partial charge in [0.15, 0.2) is 0 Å². The molecule has 0 saturated carbocycles. The molecule has 1 amide bonds. The van der Waals surface area contributed by atoms with Crippen molar-refractivity contribution in [2.45, 2.75) is 98.0 Å². The topological polar surface area (TPSA) is 188 Å². The molecule has 2 aromatic rings. The zero-order chi connectivity index (χ0) is 34.0. The number of carbonyl (C=O) groups is 4. The number of nitrogen functional groups attached to an aromatic ring is 1. The molecule has 2 aromatic carbocycles. The maximum absolute atomic E-state index is 12.0. The predicted molar refractivity (Wildman–Crippen MR) is 182 cm³/mol. The Morgan fingerprint density at radius 1 is 0.800 bits per heavy atom. The average Bonchev–Trinajstić information content (AvgIpc) is 2.95. The number of carboxylic acid groups (broad SMARTS) is 1. The minimum absolute atomic E-state index is 0.0824. The van der Waals surface area contributed by atoms with Crippen molar-refractivity contribution in [3.05, 3.63) is 54.1 Å². The predicted octanol–water partition coefficient (Wildman–Crippen LogP) is 5.24. The molecule has 0 aliphatic rings. The molecular formula is C32H51B2N3O8. The Kier molecular flexibility index (Phi) is 23.3. The second-order valence-corrected chi connectivity index (χ2v) is 10.7. The van der Waals surface area contributed by atoms with Crippen LogP contribution in [0.2, 0.25) is 13.6 Å². The number of Topliss-reactive ketones (excluding diaryl/α,β-unsaturated/α-hetero) is 1. The van der Waals surface area contributed by atoms with Gasteiger partial charge in [0.2, 0.25) is 5.91 Å². The van der Waals surface area contributed by atoms with E-state index in [1.54, 1.807) is 39.6 Å². The first-order valence-electron chi connectivity index (χ1n) is 15.6. The van der Waals surface area contributed by atoms with Gasteiger partial charge in [-0.1, -0.05) is 50.0 Å². The van der Waals surface area contributed by atoms with Gasteiger partial charge in [-0.25, -0.2) is 0 Å². The molecule has 2 rings (SSSR count). The van der Waals surface area contributed by atoms with Gasteiger partial charge in [0.1, 0.15) is 5.78 Å². The second-order valence-electron chi connectivity index (χ2n) is 10.7. The Morgan fingerprint density at radius 2 is 1.36 bits per heavy atom. The number of benzene rings is 2. The molecule has 0 saturated heterocycles. The summed E-state index contributed by atoms with van der Waals surface area (Å²) < 4.78 is 4.85. The maximum Gasteiger partial charge on any atom is 0.406 e. The summed E-state index contributed by atoms with van der Waals surface area (Å²) in [6.07, 6.45) is 6.83. The van der Waals surface area contributed by atoms with Crippen molar-refractivity contribution in [1.82, 2.24) is 0 Å². The van der Waals surface area contributed by atoms with Crippen LogP contribution in [0, 0.1) is 0 Å². The molecule has 0 unspecified atom stereocenters. The number of rotatable bonds is 18. The molecule has 0 bridgehead atoms. The fourth-order valence-corrected chi connectivity index (χ4v) is 3.99. The van der Waals surface area contributed by atoms with Gasteiger partial charge >= 0.3 is 19.0 Å². The third kappa shape index (κ3) is 24.2. The molecule has 0 spiro atoms. The van der Waals surface area contributed by atoms with Gasteiger partial charge in [0, 0.05) is 37.1 Å². The standard InChI is InChI=1S/C16H25BN2O4.C8H12BNO.C8H14O3/c1-3-23-16(21)12-6-4-5-11-15(20)18-13-9-7-8-10-14(13)19-17(2)22;1-9(11)6-7-4-2-3-5-8(7)10;1-7(9)5-3-2-4-6-8(10)11/h7-10,19,22H,3-6,11-12H2,1-2H3,(H,18,20);2-5,11H,6,10H2,1H3;2-6H2,1H3,(H,10,11). The summed E-state index contributed by atoms with van der Waals surface area (Å²) in [5.74, 6) is -0.843. The van der Waals surface area contributed by atoms with Crippen molar-refractivity contribution >= 4 is 54.7 Å². The molecule has 0 aliphatic carbocycles. The first-order chi connectivity index (χ1) is 21.3. The Morgan fingerprint density at radius 3 is 1.91 bits per heavy atom. The third-order valence-electron chi connectivity index (χ3n) is 6.15. The van der Waals surface area contributed by atoms with E-state index >= 15 is 0 Å². The molecule has 11 nitrogen and oxygen atoms in total. The number of nitrogens with one attached hydrogen (secondary N) is 2. The van der Waals surface area contributed by atoms with Crippen LogP contribution in [-0.4, -0.2) is 59.4 Å². The van der Waals surface area contributed by atoms with Crippen LogP contribution in [0.15, 0.2) is 48.5 Å². The van der Waals surface area contributed by atoms with Crippen molar-refractivity contribution in [1.29, 1.82) is 0 Å². The minimum Gasteiger partial charge on any atom is -0.481 e. The van der Waals surface area contributed by atoms with E-state index in [9.17, 15) is 24.2 Å². The minimum atomic E-state index is -0.757. The lowest BCUT2D eigenvalue weighted by Gasteiger charge is -2.13. The van der Waals surface area contributed by atoms with Gasteiger partial charge in [-0.05, 0) is 76.4 Å². The Hall–Kier alpha value is -3.83. The van der Waals surface area contributed by atoms with E-state index in [1.165, 1.54) is 0 Å². The van der Waals surface area contributed by atoms with Crippen LogP contribution in [0.3, 0.4) is 0 Å². The van der Waals surface area contributed by atoms with Gasteiger partial charge in [-0.3, -0.25) is 14.4 Å². The van der Waals surface area contributed by atoms with Gasteiger partial charge < -0.3 is 41.0 Å². The first-order valence-corrected chi connectivity index (χ1v) is 15.6. The number of carbonyl (C=O) groups excluding carboxylic acids is 3. The molecule has 45 heavy (non-hydrogen) atoms. The van der Waals surface area contributed by atoms with Gasteiger partial charge in [-0.2, -0.15) is 0 Å². The normalized spacial score (nSPS) is 9.82. The molecule has 0 fully saturated rings. The van der Waals surface area contributed by atoms with Crippen LogP contribution in [0.5, 0.6) is 0 Å². The van der Waals surface area contributed by atoms with E-state index in [0.717, 1.165) is 43.4 Å². The number of hydrogen-bond donors (Lipinski definition) is 6. The van der Waals surface area contributed by atoms with E-state index < -0.39 is 13.0 Å². The van der Waals surface area contributed by atoms with E-state index in [-0.39, 0.29) is 31.0 Å². The summed E-state index contributed by atoms with van der Waals surface area (Å²) in [6.45, 7) is 6.79. The van der Waals surface area contributed by atoms with Crippen molar-refractivity contribution in [2.75, 3.05) is 22.9 Å². The van der Waals surface area contributed by atoms with E-state index in [0.29, 0.717) is 50.0 Å². The summed E-state index contributed by atoms with van der Waals surface area (Å²) in [7, 11) is -0.698. The van der Waals surface area contributed by atoms with Gasteiger partial charge in [0.25, 0.3) is 6.92 Å². The number of aliphatic carboxylic acids is 1. The molecule has 248 valence electrons. The molecule has 0 atom stereocenters. The molecular weight excluding hydrogens is 576 g/mol. The summed E-state index contributed by atoms with van der Waals surface area (Å²) in [5.41, 5.74) is 8.75. The SMILES string of the molecule is CB(O)Cc1ccccc1N.CC(=O)CCCCCC(=O)O.CCOC(=O)CCCCCC(=O)Nc1ccccc1NB(C)O. The average molecular weight is 627 g/mol. The molecule has 0 heterocycles. The highest BCUT2D eigenvalue weighted by atomic mass is 16.5. The largest absolute Gasteiger partial charge is 0.481 e. The van der Waals surface area contributed by atoms with Crippen molar-refractivity contribution in [2.24, 2.45) is 0 Å². The zero-order valence-electron chi connectivity index (χ0n) is 27.2. The number of para-hydroxylation sites is 3. The highest BCUT2D eigenvalue weighted by Crippen LogP contribution is 2.21. The van der Waals surface area contributed by atoms with E-state index in [4.69, 9.17) is 20.6 Å². The number of nitrogens with two attached hydrogens (primary N) is 1. The van der Waals surface area contributed by atoms with Crippen molar-refractivity contribution in [3.8, 4) is 0 Å². The van der Waals surface area contributed by atoms with Crippen LogP contribution < -0.4 is 16.3 Å².